The zero-order chi connectivity index (χ0) is 16.2. The molecule has 0 spiro atoms. The third-order valence-corrected chi connectivity index (χ3v) is 3.61. The molecule has 22 heavy (non-hydrogen) atoms. The second kappa shape index (κ2) is 6.61. The number of rotatable bonds is 3. The molecular formula is C20H23NO. The fraction of sp³-hybridized carbons (Fsp3) is 0.250. The van der Waals surface area contributed by atoms with E-state index in [1.54, 1.807) is 6.08 Å². The lowest BCUT2D eigenvalue weighted by molar-refractivity contribution is -0.111. The van der Waals surface area contributed by atoms with Crippen LogP contribution in [0.4, 0.5) is 5.69 Å². The highest BCUT2D eigenvalue weighted by molar-refractivity contribution is 6.02. The van der Waals surface area contributed by atoms with Gasteiger partial charge in [-0.2, -0.15) is 0 Å². The van der Waals surface area contributed by atoms with Crippen LogP contribution in [-0.4, -0.2) is 5.91 Å². The van der Waals surface area contributed by atoms with Crippen LogP contribution < -0.4 is 5.32 Å². The van der Waals surface area contributed by atoms with Gasteiger partial charge in [0.05, 0.1) is 0 Å². The van der Waals surface area contributed by atoms with Crippen molar-refractivity contribution in [1.82, 2.24) is 0 Å². The van der Waals surface area contributed by atoms with Crippen molar-refractivity contribution in [2.45, 2.75) is 33.1 Å². The van der Waals surface area contributed by atoms with Crippen LogP contribution in [0.15, 0.2) is 54.6 Å². The maximum absolute atomic E-state index is 12.0. The molecule has 2 aromatic carbocycles. The number of aryl methyl sites for hydroxylation is 1. The quantitative estimate of drug-likeness (QED) is 0.797. The van der Waals surface area contributed by atoms with Crippen LogP contribution in [0, 0.1) is 6.92 Å². The SMILES string of the molecule is Cc1ccccc1NC(=O)/C=C/c1ccc(C(C)(C)C)cc1. The lowest BCUT2D eigenvalue weighted by Gasteiger charge is -2.18. The number of hydrogen-bond acceptors (Lipinski definition) is 1. The lowest BCUT2D eigenvalue weighted by Crippen LogP contribution is -2.10. The number of carbonyl (C=O) groups is 1. The zero-order valence-electron chi connectivity index (χ0n) is 13.7. The maximum atomic E-state index is 12.0. The van der Waals surface area contributed by atoms with Crippen molar-refractivity contribution in [3.8, 4) is 0 Å². The molecule has 1 N–H and O–H groups in total. The van der Waals surface area contributed by atoms with Gasteiger partial charge in [0.25, 0.3) is 0 Å². The number of benzene rings is 2. The molecule has 2 heteroatoms. The van der Waals surface area contributed by atoms with Crippen molar-refractivity contribution in [3.63, 3.8) is 0 Å². The van der Waals surface area contributed by atoms with Crippen LogP contribution in [0.5, 0.6) is 0 Å². The summed E-state index contributed by atoms with van der Waals surface area (Å²) in [5, 5.41) is 2.89. The summed E-state index contributed by atoms with van der Waals surface area (Å²) in [5.41, 5.74) is 4.35. The molecule has 114 valence electrons. The van der Waals surface area contributed by atoms with E-state index in [2.05, 4.69) is 38.2 Å². The lowest BCUT2D eigenvalue weighted by atomic mass is 9.87. The third kappa shape index (κ3) is 4.32. The van der Waals surface area contributed by atoms with Gasteiger partial charge in [-0.25, -0.2) is 0 Å². The number of anilines is 1. The van der Waals surface area contributed by atoms with Crippen LogP contribution in [-0.2, 0) is 10.2 Å². The summed E-state index contributed by atoms with van der Waals surface area (Å²) in [6.45, 7) is 8.54. The molecule has 0 bridgehead atoms. The topological polar surface area (TPSA) is 29.1 Å². The molecule has 0 aliphatic carbocycles. The van der Waals surface area contributed by atoms with E-state index in [0.29, 0.717) is 0 Å². The van der Waals surface area contributed by atoms with Crippen LogP contribution in [0.25, 0.3) is 6.08 Å². The maximum Gasteiger partial charge on any atom is 0.248 e. The van der Waals surface area contributed by atoms with Gasteiger partial charge < -0.3 is 5.32 Å². The van der Waals surface area contributed by atoms with Crippen molar-refractivity contribution >= 4 is 17.7 Å². The Hall–Kier alpha value is -2.35. The minimum Gasteiger partial charge on any atom is -0.322 e. The number of hydrogen-bond donors (Lipinski definition) is 1. The normalized spacial score (nSPS) is 11.6. The highest BCUT2D eigenvalue weighted by Crippen LogP contribution is 2.22. The summed E-state index contributed by atoms with van der Waals surface area (Å²) in [6, 6.07) is 16.0. The second-order valence-corrected chi connectivity index (χ2v) is 6.51. The van der Waals surface area contributed by atoms with E-state index in [4.69, 9.17) is 0 Å². The minimum absolute atomic E-state index is 0.116. The standard InChI is InChI=1S/C20H23NO/c1-15-7-5-6-8-18(15)21-19(22)14-11-16-9-12-17(13-10-16)20(2,3)4/h5-14H,1-4H3,(H,21,22)/b14-11+. The Morgan fingerprint density at radius 2 is 1.64 bits per heavy atom. The molecule has 2 nitrogen and oxygen atoms in total. The number of amides is 1. The second-order valence-electron chi connectivity index (χ2n) is 6.51. The van der Waals surface area contributed by atoms with Crippen LogP contribution in [0.2, 0.25) is 0 Å². The molecule has 0 unspecified atom stereocenters. The summed E-state index contributed by atoms with van der Waals surface area (Å²) >= 11 is 0. The van der Waals surface area contributed by atoms with Crippen molar-refractivity contribution in [3.05, 3.63) is 71.3 Å². The van der Waals surface area contributed by atoms with Crippen LogP contribution in [0.1, 0.15) is 37.5 Å². The van der Waals surface area contributed by atoms with E-state index in [9.17, 15) is 4.79 Å². The Morgan fingerprint density at radius 1 is 1.00 bits per heavy atom. The predicted octanol–water partition coefficient (Wildman–Crippen LogP) is 4.94. The van der Waals surface area contributed by atoms with Crippen molar-refractivity contribution in [1.29, 1.82) is 0 Å². The molecule has 0 saturated carbocycles. The van der Waals surface area contributed by atoms with Gasteiger partial charge in [-0.05, 0) is 41.2 Å². The molecule has 0 fully saturated rings. The molecule has 0 heterocycles. The summed E-state index contributed by atoms with van der Waals surface area (Å²) < 4.78 is 0. The monoisotopic (exact) mass is 293 g/mol. The summed E-state index contributed by atoms with van der Waals surface area (Å²) in [4.78, 5) is 12.0. The van der Waals surface area contributed by atoms with E-state index in [0.717, 1.165) is 16.8 Å². The van der Waals surface area contributed by atoms with Crippen molar-refractivity contribution < 1.29 is 4.79 Å². The Labute approximate surface area is 132 Å². The Bertz CT molecular complexity index is 676. The van der Waals surface area contributed by atoms with E-state index in [1.807, 2.05) is 49.4 Å². The van der Waals surface area contributed by atoms with Gasteiger partial charge in [0, 0.05) is 11.8 Å². The van der Waals surface area contributed by atoms with Gasteiger partial charge in [-0.15, -0.1) is 0 Å². The van der Waals surface area contributed by atoms with Gasteiger partial charge in [0.1, 0.15) is 0 Å². The first-order chi connectivity index (χ1) is 10.4. The summed E-state index contributed by atoms with van der Waals surface area (Å²) in [7, 11) is 0. The molecule has 2 aromatic rings. The highest BCUT2D eigenvalue weighted by Gasteiger charge is 2.12. The zero-order valence-corrected chi connectivity index (χ0v) is 13.7. The molecule has 2 rings (SSSR count). The van der Waals surface area contributed by atoms with Crippen molar-refractivity contribution in [2.75, 3.05) is 5.32 Å². The molecule has 0 aromatic heterocycles. The smallest absolute Gasteiger partial charge is 0.248 e. The van der Waals surface area contributed by atoms with Crippen LogP contribution in [0.3, 0.4) is 0 Å². The van der Waals surface area contributed by atoms with E-state index in [-0.39, 0.29) is 11.3 Å². The van der Waals surface area contributed by atoms with Gasteiger partial charge in [0.2, 0.25) is 5.91 Å². The van der Waals surface area contributed by atoms with Gasteiger partial charge in [0.15, 0.2) is 0 Å². The average molecular weight is 293 g/mol. The number of nitrogens with one attached hydrogen (secondary N) is 1. The Kier molecular flexibility index (Phi) is 4.81. The fourth-order valence-electron chi connectivity index (χ4n) is 2.15. The van der Waals surface area contributed by atoms with E-state index in [1.165, 1.54) is 5.56 Å². The Balaban J connectivity index is 2.02. The Morgan fingerprint density at radius 3 is 2.23 bits per heavy atom. The number of carbonyl (C=O) groups excluding carboxylic acids is 1. The minimum atomic E-state index is -0.116. The first-order valence-corrected chi connectivity index (χ1v) is 7.51. The van der Waals surface area contributed by atoms with Gasteiger partial charge in [-0.3, -0.25) is 4.79 Å². The molecule has 1 amide bonds. The summed E-state index contributed by atoms with van der Waals surface area (Å²) in [5.74, 6) is -0.116. The first-order valence-electron chi connectivity index (χ1n) is 7.51. The highest BCUT2D eigenvalue weighted by atomic mass is 16.1. The molecule has 0 atom stereocenters. The first kappa shape index (κ1) is 16.0. The van der Waals surface area contributed by atoms with E-state index >= 15 is 0 Å². The third-order valence-electron chi connectivity index (χ3n) is 3.61. The van der Waals surface area contributed by atoms with Crippen molar-refractivity contribution in [2.24, 2.45) is 0 Å². The molecule has 0 aliphatic rings. The molecule has 0 aliphatic heterocycles. The summed E-state index contributed by atoms with van der Waals surface area (Å²) in [6.07, 6.45) is 3.40. The average Bonchev–Trinajstić information content (AvgIpc) is 2.47. The molecule has 0 saturated heterocycles. The van der Waals surface area contributed by atoms with Gasteiger partial charge in [-0.1, -0.05) is 63.2 Å². The van der Waals surface area contributed by atoms with Crippen LogP contribution >= 0.6 is 0 Å². The molecular weight excluding hydrogens is 270 g/mol. The molecule has 0 radical (unpaired) electrons. The predicted molar refractivity (Wildman–Crippen MR) is 94.0 cm³/mol. The van der Waals surface area contributed by atoms with E-state index < -0.39 is 0 Å². The fourth-order valence-corrected chi connectivity index (χ4v) is 2.15. The van der Waals surface area contributed by atoms with Gasteiger partial charge >= 0.3 is 0 Å². The largest absolute Gasteiger partial charge is 0.322 e. The number of para-hydroxylation sites is 1.